The maximum absolute atomic E-state index is 12.4. The number of nitrogens with one attached hydrogen (secondary N) is 1. The third-order valence-corrected chi connectivity index (χ3v) is 5.50. The van der Waals surface area contributed by atoms with Crippen LogP contribution in [0, 0.1) is 11.3 Å². The van der Waals surface area contributed by atoms with Crippen LogP contribution >= 0.6 is 11.3 Å². The summed E-state index contributed by atoms with van der Waals surface area (Å²) in [5.74, 6) is 0.278. The molecule has 2 rings (SSSR count). The second kappa shape index (κ2) is 7.04. The first kappa shape index (κ1) is 18.0. The first-order valence-corrected chi connectivity index (χ1v) is 9.22. The normalized spacial score (nSPS) is 17.5. The molecular weight excluding hydrogens is 310 g/mol. The van der Waals surface area contributed by atoms with Crippen LogP contribution in [0.25, 0.3) is 0 Å². The Bertz CT molecular complexity index is 598. The summed E-state index contributed by atoms with van der Waals surface area (Å²) in [5.41, 5.74) is 1.17. The largest absolute Gasteiger partial charge is 0.462 e. The van der Waals surface area contributed by atoms with Gasteiger partial charge in [-0.1, -0.05) is 34.1 Å². The second-order valence-electron chi connectivity index (χ2n) is 7.15. The summed E-state index contributed by atoms with van der Waals surface area (Å²) < 4.78 is 5.23. The molecule has 0 spiro atoms. The number of hydrogen-bond donors (Lipinski definition) is 1. The minimum absolute atomic E-state index is 0.0753. The predicted molar refractivity (Wildman–Crippen MR) is 94.2 cm³/mol. The van der Waals surface area contributed by atoms with Crippen molar-refractivity contribution in [3.8, 4) is 0 Å². The molecular formula is C18H27NO3S. The molecule has 1 amide bonds. The Hall–Kier alpha value is -1.36. The number of anilines is 1. The number of amides is 1. The summed E-state index contributed by atoms with van der Waals surface area (Å²) in [7, 11) is 0. The van der Waals surface area contributed by atoms with E-state index >= 15 is 0 Å². The van der Waals surface area contributed by atoms with Crippen molar-refractivity contribution in [1.82, 2.24) is 0 Å². The molecule has 0 saturated carbocycles. The average molecular weight is 337 g/mol. The maximum Gasteiger partial charge on any atom is 0.341 e. The number of carbonyl (C=O) groups is 2. The van der Waals surface area contributed by atoms with Gasteiger partial charge in [-0.05, 0) is 37.7 Å². The molecule has 1 unspecified atom stereocenters. The minimum Gasteiger partial charge on any atom is -0.462 e. The Morgan fingerprint density at radius 3 is 2.57 bits per heavy atom. The van der Waals surface area contributed by atoms with Gasteiger partial charge in [0.25, 0.3) is 0 Å². The number of ether oxygens (including phenoxy) is 1. The number of carbonyl (C=O) groups excluding carboxylic acids is 2. The molecule has 4 nitrogen and oxygen atoms in total. The van der Waals surface area contributed by atoms with E-state index in [9.17, 15) is 9.59 Å². The van der Waals surface area contributed by atoms with E-state index in [1.165, 1.54) is 4.88 Å². The lowest BCUT2D eigenvalue weighted by atomic mass is 9.85. The maximum atomic E-state index is 12.4. The molecule has 1 aromatic heterocycles. The standard InChI is InChI=1S/C18H27NO3S/c1-6-11-8-9-12-13(10-11)23-15(14(12)16(20)22-7-2)19-17(21)18(3,4)5/h11H,6-10H2,1-5H3,(H,19,21). The number of hydrogen-bond acceptors (Lipinski definition) is 4. The van der Waals surface area contributed by atoms with Crippen molar-refractivity contribution < 1.29 is 14.3 Å². The summed E-state index contributed by atoms with van der Waals surface area (Å²) in [5, 5.41) is 3.62. The molecule has 0 bridgehead atoms. The van der Waals surface area contributed by atoms with Crippen LogP contribution in [0.15, 0.2) is 0 Å². The van der Waals surface area contributed by atoms with Crippen LogP contribution < -0.4 is 5.32 Å². The predicted octanol–water partition coefficient (Wildman–Crippen LogP) is 4.42. The molecule has 0 radical (unpaired) electrons. The molecule has 1 aliphatic rings. The van der Waals surface area contributed by atoms with E-state index in [4.69, 9.17) is 4.74 Å². The third-order valence-electron chi connectivity index (χ3n) is 4.33. The molecule has 1 aliphatic carbocycles. The average Bonchev–Trinajstić information content (AvgIpc) is 2.83. The van der Waals surface area contributed by atoms with E-state index in [2.05, 4.69) is 12.2 Å². The number of fused-ring (bicyclic) bond motifs is 1. The van der Waals surface area contributed by atoms with Crippen molar-refractivity contribution in [1.29, 1.82) is 0 Å². The first-order chi connectivity index (χ1) is 10.8. The fourth-order valence-corrected chi connectivity index (χ4v) is 4.15. The fraction of sp³-hybridized carbons (Fsp3) is 0.667. The van der Waals surface area contributed by atoms with Crippen molar-refractivity contribution in [2.45, 2.75) is 60.3 Å². The highest BCUT2D eigenvalue weighted by Crippen LogP contribution is 2.41. The van der Waals surface area contributed by atoms with E-state index in [0.29, 0.717) is 23.1 Å². The van der Waals surface area contributed by atoms with Crippen LogP contribution in [0.5, 0.6) is 0 Å². The first-order valence-electron chi connectivity index (χ1n) is 8.41. The number of rotatable bonds is 4. The zero-order chi connectivity index (χ0) is 17.2. The Labute approximate surface area is 142 Å². The van der Waals surface area contributed by atoms with Crippen molar-refractivity contribution in [2.75, 3.05) is 11.9 Å². The van der Waals surface area contributed by atoms with Gasteiger partial charge in [0.05, 0.1) is 12.2 Å². The molecule has 23 heavy (non-hydrogen) atoms. The zero-order valence-corrected chi connectivity index (χ0v) is 15.6. The summed E-state index contributed by atoms with van der Waals surface area (Å²) >= 11 is 1.55. The van der Waals surface area contributed by atoms with Gasteiger partial charge in [-0.25, -0.2) is 4.79 Å². The van der Waals surface area contributed by atoms with Crippen LogP contribution in [0.1, 0.15) is 68.3 Å². The van der Waals surface area contributed by atoms with Gasteiger partial charge >= 0.3 is 5.97 Å². The lowest BCUT2D eigenvalue weighted by Gasteiger charge is -2.21. The lowest BCUT2D eigenvalue weighted by Crippen LogP contribution is -2.28. The number of esters is 1. The highest BCUT2D eigenvalue weighted by molar-refractivity contribution is 7.17. The van der Waals surface area contributed by atoms with Gasteiger partial charge in [0.15, 0.2) is 0 Å². The Kier molecular flexibility index (Phi) is 5.50. The molecule has 1 N–H and O–H groups in total. The van der Waals surface area contributed by atoms with Crippen LogP contribution in [0.4, 0.5) is 5.00 Å². The second-order valence-corrected chi connectivity index (χ2v) is 8.25. The molecule has 0 saturated heterocycles. The molecule has 1 atom stereocenters. The van der Waals surface area contributed by atoms with E-state index in [1.54, 1.807) is 18.3 Å². The van der Waals surface area contributed by atoms with Crippen molar-refractivity contribution in [3.05, 3.63) is 16.0 Å². The summed E-state index contributed by atoms with van der Waals surface area (Å²) in [6.07, 6.45) is 4.13. The molecule has 0 fully saturated rings. The SMILES string of the molecule is CCOC(=O)c1c(NC(=O)C(C)(C)C)sc2c1CCC(CC)C2. The number of thiophene rings is 1. The third kappa shape index (κ3) is 3.94. The minimum atomic E-state index is -0.498. The Balaban J connectivity index is 2.38. The van der Waals surface area contributed by atoms with Crippen LogP contribution in [-0.4, -0.2) is 18.5 Å². The van der Waals surface area contributed by atoms with Crippen LogP contribution in [-0.2, 0) is 22.4 Å². The zero-order valence-electron chi connectivity index (χ0n) is 14.7. The molecule has 0 aromatic carbocycles. The van der Waals surface area contributed by atoms with Crippen molar-refractivity contribution >= 4 is 28.2 Å². The fourth-order valence-electron chi connectivity index (χ4n) is 2.80. The van der Waals surface area contributed by atoms with E-state index in [-0.39, 0.29) is 11.9 Å². The van der Waals surface area contributed by atoms with Crippen LogP contribution in [0.3, 0.4) is 0 Å². The van der Waals surface area contributed by atoms with Gasteiger partial charge < -0.3 is 10.1 Å². The quantitative estimate of drug-likeness (QED) is 0.827. The van der Waals surface area contributed by atoms with Gasteiger partial charge in [-0.2, -0.15) is 0 Å². The van der Waals surface area contributed by atoms with E-state index in [1.807, 2.05) is 20.8 Å². The van der Waals surface area contributed by atoms with Crippen LogP contribution in [0.2, 0.25) is 0 Å². The lowest BCUT2D eigenvalue weighted by molar-refractivity contribution is -0.123. The molecule has 1 heterocycles. The smallest absolute Gasteiger partial charge is 0.341 e. The summed E-state index contributed by atoms with van der Waals surface area (Å²) in [4.78, 5) is 26.0. The molecule has 0 aliphatic heterocycles. The van der Waals surface area contributed by atoms with E-state index in [0.717, 1.165) is 31.2 Å². The Morgan fingerprint density at radius 2 is 2.00 bits per heavy atom. The molecule has 5 heteroatoms. The van der Waals surface area contributed by atoms with Gasteiger partial charge in [0.2, 0.25) is 5.91 Å². The van der Waals surface area contributed by atoms with Gasteiger partial charge in [0.1, 0.15) is 5.00 Å². The van der Waals surface area contributed by atoms with Gasteiger partial charge in [0, 0.05) is 10.3 Å². The van der Waals surface area contributed by atoms with Crippen molar-refractivity contribution in [2.24, 2.45) is 11.3 Å². The molecule has 1 aromatic rings. The highest BCUT2D eigenvalue weighted by Gasteiger charge is 2.31. The Morgan fingerprint density at radius 1 is 1.30 bits per heavy atom. The monoisotopic (exact) mass is 337 g/mol. The van der Waals surface area contributed by atoms with Gasteiger partial charge in [-0.3, -0.25) is 4.79 Å². The summed E-state index contributed by atoms with van der Waals surface area (Å²) in [6.45, 7) is 9.95. The molecule has 128 valence electrons. The topological polar surface area (TPSA) is 55.4 Å². The van der Waals surface area contributed by atoms with Crippen molar-refractivity contribution in [3.63, 3.8) is 0 Å². The van der Waals surface area contributed by atoms with E-state index < -0.39 is 5.41 Å². The van der Waals surface area contributed by atoms with Gasteiger partial charge in [-0.15, -0.1) is 11.3 Å². The summed E-state index contributed by atoms with van der Waals surface area (Å²) in [6, 6.07) is 0. The highest BCUT2D eigenvalue weighted by atomic mass is 32.1.